The predicted octanol–water partition coefficient (Wildman–Crippen LogP) is 7.43. The van der Waals surface area contributed by atoms with E-state index in [-0.39, 0.29) is 18.3 Å². The maximum atomic E-state index is 12.2. The number of allylic oxidation sites excluding steroid dienone is 1. The van der Waals surface area contributed by atoms with Crippen LogP contribution in [0.25, 0.3) is 0 Å². The van der Waals surface area contributed by atoms with Crippen molar-refractivity contribution >= 4 is 6.09 Å². The highest BCUT2D eigenvalue weighted by Gasteiger charge is 2.27. The van der Waals surface area contributed by atoms with Crippen molar-refractivity contribution in [2.45, 2.75) is 110 Å². The van der Waals surface area contributed by atoms with Crippen LogP contribution in [0, 0.1) is 5.92 Å². The molecule has 2 fully saturated rings. The standard InChI is InChI=1S/C30H47NO5/c1-6-7-8-23(2)35-36-28-15-11-26(12-16-28)25-9-13-27(14-10-25)33-22-19-24-17-20-31(21-18-24)29(32)34-30(3,4)5/h6-7,9-10,13-14,23-24,26,28H,8,11-12,15-22H2,1-5H3/b7-6-. The lowest BCUT2D eigenvalue weighted by molar-refractivity contribution is -0.351. The van der Waals surface area contributed by atoms with Crippen molar-refractivity contribution in [2.24, 2.45) is 5.92 Å². The van der Waals surface area contributed by atoms with Crippen LogP contribution in [-0.4, -0.2) is 48.5 Å². The third kappa shape index (κ3) is 9.78. The molecule has 6 nitrogen and oxygen atoms in total. The van der Waals surface area contributed by atoms with E-state index in [2.05, 4.69) is 30.3 Å². The Hall–Kier alpha value is -2.05. The molecule has 0 spiro atoms. The Morgan fingerprint density at radius 1 is 1.06 bits per heavy atom. The minimum absolute atomic E-state index is 0.0940. The van der Waals surface area contributed by atoms with Gasteiger partial charge in [0.2, 0.25) is 0 Å². The Morgan fingerprint density at radius 3 is 2.33 bits per heavy atom. The molecule has 2 aliphatic rings. The van der Waals surface area contributed by atoms with Crippen LogP contribution in [0.5, 0.6) is 5.75 Å². The molecule has 1 atom stereocenters. The summed E-state index contributed by atoms with van der Waals surface area (Å²) >= 11 is 0. The minimum atomic E-state index is -0.440. The van der Waals surface area contributed by atoms with Gasteiger partial charge in [-0.1, -0.05) is 24.3 Å². The minimum Gasteiger partial charge on any atom is -0.494 e. The summed E-state index contributed by atoms with van der Waals surface area (Å²) in [4.78, 5) is 25.3. The number of hydrogen-bond donors (Lipinski definition) is 0. The van der Waals surface area contributed by atoms with E-state index in [1.165, 1.54) is 5.56 Å². The fourth-order valence-electron chi connectivity index (χ4n) is 4.94. The zero-order chi connectivity index (χ0) is 26.0. The first-order chi connectivity index (χ1) is 17.2. The molecule has 1 unspecified atom stereocenters. The Labute approximate surface area is 218 Å². The van der Waals surface area contributed by atoms with Gasteiger partial charge in [0.25, 0.3) is 0 Å². The van der Waals surface area contributed by atoms with Crippen molar-refractivity contribution in [3.05, 3.63) is 42.0 Å². The van der Waals surface area contributed by atoms with Crippen LogP contribution in [0.2, 0.25) is 0 Å². The molecule has 0 N–H and O–H groups in total. The smallest absolute Gasteiger partial charge is 0.410 e. The summed E-state index contributed by atoms with van der Waals surface area (Å²) in [5.74, 6) is 2.11. The SMILES string of the molecule is C/C=C\CC(C)OOC1CCC(c2ccc(OCCC3CCN(C(=O)OC(C)(C)C)CC3)cc2)CC1. The molecule has 1 saturated carbocycles. The highest BCUT2D eigenvalue weighted by Crippen LogP contribution is 2.35. The highest BCUT2D eigenvalue weighted by molar-refractivity contribution is 5.68. The molecule has 0 aromatic heterocycles. The van der Waals surface area contributed by atoms with Crippen LogP contribution in [0.15, 0.2) is 36.4 Å². The van der Waals surface area contributed by atoms with Crippen LogP contribution in [0.4, 0.5) is 4.79 Å². The summed E-state index contributed by atoms with van der Waals surface area (Å²) in [5, 5.41) is 0. The molecule has 1 heterocycles. The molecule has 1 aromatic carbocycles. The predicted molar refractivity (Wildman–Crippen MR) is 143 cm³/mol. The highest BCUT2D eigenvalue weighted by atomic mass is 17.2. The molecule has 1 amide bonds. The van der Waals surface area contributed by atoms with Gasteiger partial charge in [-0.3, -0.25) is 0 Å². The third-order valence-corrected chi connectivity index (χ3v) is 7.15. The number of rotatable bonds is 10. The number of benzene rings is 1. The first-order valence-electron chi connectivity index (χ1n) is 13.9. The van der Waals surface area contributed by atoms with Gasteiger partial charge in [0.05, 0.1) is 18.8 Å². The number of hydrogen-bond acceptors (Lipinski definition) is 5. The van der Waals surface area contributed by atoms with Gasteiger partial charge in [0.1, 0.15) is 11.4 Å². The number of ether oxygens (including phenoxy) is 2. The molecule has 36 heavy (non-hydrogen) atoms. The van der Waals surface area contributed by atoms with Crippen molar-refractivity contribution in [3.8, 4) is 5.75 Å². The molecular formula is C30H47NO5. The number of carbonyl (C=O) groups is 1. The molecular weight excluding hydrogens is 454 g/mol. The van der Waals surface area contributed by atoms with E-state index in [0.717, 1.165) is 70.2 Å². The van der Waals surface area contributed by atoms with Gasteiger partial charge in [0.15, 0.2) is 0 Å². The average molecular weight is 502 g/mol. The quantitative estimate of drug-likeness (QED) is 0.189. The van der Waals surface area contributed by atoms with Gasteiger partial charge in [-0.05, 0) is 116 Å². The monoisotopic (exact) mass is 501 g/mol. The van der Waals surface area contributed by atoms with Crippen molar-refractivity contribution in [3.63, 3.8) is 0 Å². The topological polar surface area (TPSA) is 57.2 Å². The summed E-state index contributed by atoms with van der Waals surface area (Å²) in [6, 6.07) is 8.65. The molecule has 6 heteroatoms. The lowest BCUT2D eigenvalue weighted by Crippen LogP contribution is -2.41. The van der Waals surface area contributed by atoms with E-state index in [4.69, 9.17) is 19.2 Å². The van der Waals surface area contributed by atoms with E-state index in [1.54, 1.807) is 0 Å². The Bertz CT molecular complexity index is 800. The molecule has 1 aliphatic carbocycles. The summed E-state index contributed by atoms with van der Waals surface area (Å²) in [7, 11) is 0. The van der Waals surface area contributed by atoms with E-state index in [0.29, 0.717) is 18.4 Å². The molecule has 202 valence electrons. The van der Waals surface area contributed by atoms with Gasteiger partial charge >= 0.3 is 6.09 Å². The number of amides is 1. The second-order valence-electron chi connectivity index (χ2n) is 11.4. The summed E-state index contributed by atoms with van der Waals surface area (Å²) in [6.45, 7) is 12.0. The second kappa shape index (κ2) is 14.0. The van der Waals surface area contributed by atoms with Gasteiger partial charge in [0, 0.05) is 13.1 Å². The van der Waals surface area contributed by atoms with Crippen LogP contribution in [0.3, 0.4) is 0 Å². The van der Waals surface area contributed by atoms with Gasteiger partial charge in [-0.2, -0.15) is 0 Å². The van der Waals surface area contributed by atoms with Gasteiger partial charge in [-0.25, -0.2) is 14.6 Å². The Morgan fingerprint density at radius 2 is 1.72 bits per heavy atom. The third-order valence-electron chi connectivity index (χ3n) is 7.15. The average Bonchev–Trinajstić information content (AvgIpc) is 2.86. The lowest BCUT2D eigenvalue weighted by Gasteiger charge is -2.33. The van der Waals surface area contributed by atoms with Crippen molar-refractivity contribution in [2.75, 3.05) is 19.7 Å². The Balaban J connectivity index is 1.31. The van der Waals surface area contributed by atoms with Crippen molar-refractivity contribution in [1.29, 1.82) is 0 Å². The maximum absolute atomic E-state index is 12.2. The fraction of sp³-hybridized carbons (Fsp3) is 0.700. The molecule has 0 bridgehead atoms. The Kier molecular flexibility index (Phi) is 11.1. The normalized spacial score (nSPS) is 22.5. The van der Waals surface area contributed by atoms with Gasteiger partial charge < -0.3 is 14.4 Å². The number of carbonyl (C=O) groups excluding carboxylic acids is 1. The largest absolute Gasteiger partial charge is 0.494 e. The molecule has 1 aliphatic heterocycles. The zero-order valence-electron chi connectivity index (χ0n) is 23.0. The number of likely N-dealkylation sites (tertiary alicyclic amines) is 1. The van der Waals surface area contributed by atoms with Crippen LogP contribution >= 0.6 is 0 Å². The van der Waals surface area contributed by atoms with Crippen molar-refractivity contribution in [1.82, 2.24) is 4.90 Å². The first-order valence-corrected chi connectivity index (χ1v) is 13.9. The van der Waals surface area contributed by atoms with Crippen LogP contribution < -0.4 is 4.74 Å². The first kappa shape index (κ1) is 28.5. The maximum Gasteiger partial charge on any atom is 0.410 e. The van der Waals surface area contributed by atoms with E-state index < -0.39 is 5.60 Å². The fourth-order valence-corrected chi connectivity index (χ4v) is 4.94. The van der Waals surface area contributed by atoms with E-state index in [9.17, 15) is 4.79 Å². The molecule has 1 aromatic rings. The molecule has 3 rings (SSSR count). The van der Waals surface area contributed by atoms with Crippen LogP contribution in [0.1, 0.15) is 97.5 Å². The molecule has 0 radical (unpaired) electrons. The van der Waals surface area contributed by atoms with E-state index in [1.807, 2.05) is 45.6 Å². The van der Waals surface area contributed by atoms with Crippen LogP contribution in [-0.2, 0) is 14.5 Å². The summed E-state index contributed by atoms with van der Waals surface area (Å²) in [6.07, 6.45) is 12.5. The van der Waals surface area contributed by atoms with E-state index >= 15 is 0 Å². The molecule has 1 saturated heterocycles. The number of nitrogens with zero attached hydrogens (tertiary/aromatic N) is 1. The van der Waals surface area contributed by atoms with Gasteiger partial charge in [-0.15, -0.1) is 0 Å². The summed E-state index contributed by atoms with van der Waals surface area (Å²) in [5.41, 5.74) is 0.947. The summed E-state index contributed by atoms with van der Waals surface area (Å²) < 4.78 is 11.5. The number of piperidine rings is 1. The second-order valence-corrected chi connectivity index (χ2v) is 11.4. The zero-order valence-corrected chi connectivity index (χ0v) is 23.0. The lowest BCUT2D eigenvalue weighted by atomic mass is 9.83. The van der Waals surface area contributed by atoms with Crippen molar-refractivity contribution < 1.29 is 24.0 Å².